The van der Waals surface area contributed by atoms with Crippen molar-refractivity contribution in [1.29, 1.82) is 0 Å². The van der Waals surface area contributed by atoms with E-state index in [0.29, 0.717) is 12.2 Å². The summed E-state index contributed by atoms with van der Waals surface area (Å²) >= 11 is 0. The second-order valence-electron chi connectivity index (χ2n) is 5.37. The number of hydrogen-bond acceptors (Lipinski definition) is 3. The van der Waals surface area contributed by atoms with Gasteiger partial charge in [0.15, 0.2) is 0 Å². The lowest BCUT2D eigenvalue weighted by Gasteiger charge is -2.28. The Morgan fingerprint density at radius 1 is 1.19 bits per heavy atom. The summed E-state index contributed by atoms with van der Waals surface area (Å²) in [6.45, 7) is 8.65. The third-order valence-corrected chi connectivity index (χ3v) is 3.83. The minimum atomic E-state index is -0.228. The maximum absolute atomic E-state index is 11.6. The minimum Gasteiger partial charge on any atom is -0.462 e. The third kappa shape index (κ3) is 5.88. The van der Waals surface area contributed by atoms with Gasteiger partial charge in [-0.1, -0.05) is 26.0 Å². The highest BCUT2D eigenvalue weighted by atomic mass is 16.5. The highest BCUT2D eigenvalue weighted by molar-refractivity contribution is 5.89. The van der Waals surface area contributed by atoms with Crippen LogP contribution in [0.2, 0.25) is 0 Å². The SMILES string of the molecule is CC.CCOC(=O)c1ccc(CC2CCN(C)CC2)cc1. The molecular formula is C18H29NO2. The molecule has 0 saturated carbocycles. The van der Waals surface area contributed by atoms with Crippen molar-refractivity contribution in [2.75, 3.05) is 26.7 Å². The number of carbonyl (C=O) groups excluding carboxylic acids is 1. The topological polar surface area (TPSA) is 29.5 Å². The summed E-state index contributed by atoms with van der Waals surface area (Å²) in [5, 5.41) is 0. The Bertz CT molecular complexity index is 406. The molecule has 1 aromatic carbocycles. The summed E-state index contributed by atoms with van der Waals surface area (Å²) in [4.78, 5) is 13.9. The van der Waals surface area contributed by atoms with Gasteiger partial charge in [-0.2, -0.15) is 0 Å². The summed E-state index contributed by atoms with van der Waals surface area (Å²) in [6, 6.07) is 7.87. The van der Waals surface area contributed by atoms with Crippen LogP contribution in [-0.2, 0) is 11.2 Å². The zero-order chi connectivity index (χ0) is 15.7. The van der Waals surface area contributed by atoms with Crippen LogP contribution < -0.4 is 0 Å². The molecule has 1 aliphatic heterocycles. The Balaban J connectivity index is 0.00000106. The van der Waals surface area contributed by atoms with Gasteiger partial charge < -0.3 is 9.64 Å². The zero-order valence-corrected chi connectivity index (χ0v) is 13.9. The molecule has 0 radical (unpaired) electrons. The smallest absolute Gasteiger partial charge is 0.338 e. The molecule has 0 spiro atoms. The van der Waals surface area contributed by atoms with Gasteiger partial charge in [0.1, 0.15) is 0 Å². The van der Waals surface area contributed by atoms with E-state index < -0.39 is 0 Å². The van der Waals surface area contributed by atoms with Crippen LogP contribution in [-0.4, -0.2) is 37.6 Å². The van der Waals surface area contributed by atoms with Crippen LogP contribution >= 0.6 is 0 Å². The average molecular weight is 291 g/mol. The van der Waals surface area contributed by atoms with Crippen LogP contribution in [0, 0.1) is 5.92 Å². The number of benzene rings is 1. The quantitative estimate of drug-likeness (QED) is 0.791. The van der Waals surface area contributed by atoms with E-state index in [2.05, 4.69) is 24.1 Å². The van der Waals surface area contributed by atoms with Crippen molar-refractivity contribution in [1.82, 2.24) is 4.90 Å². The molecule has 2 rings (SSSR count). The number of ether oxygens (including phenoxy) is 1. The van der Waals surface area contributed by atoms with Crippen molar-refractivity contribution in [2.24, 2.45) is 5.92 Å². The predicted octanol–water partition coefficient (Wildman–Crippen LogP) is 3.77. The predicted molar refractivity (Wildman–Crippen MR) is 87.7 cm³/mol. The molecule has 1 fully saturated rings. The number of likely N-dealkylation sites (tertiary alicyclic amines) is 1. The lowest BCUT2D eigenvalue weighted by atomic mass is 9.90. The summed E-state index contributed by atoms with van der Waals surface area (Å²) in [5.41, 5.74) is 1.97. The monoisotopic (exact) mass is 291 g/mol. The fourth-order valence-electron chi connectivity index (χ4n) is 2.59. The van der Waals surface area contributed by atoms with Gasteiger partial charge >= 0.3 is 5.97 Å². The summed E-state index contributed by atoms with van der Waals surface area (Å²) in [5.74, 6) is 0.554. The maximum atomic E-state index is 11.6. The normalized spacial score (nSPS) is 16.0. The van der Waals surface area contributed by atoms with Crippen LogP contribution in [0.3, 0.4) is 0 Å². The second kappa shape index (κ2) is 9.56. The van der Waals surface area contributed by atoms with Crippen molar-refractivity contribution in [3.8, 4) is 0 Å². The zero-order valence-electron chi connectivity index (χ0n) is 13.9. The van der Waals surface area contributed by atoms with Crippen molar-refractivity contribution < 1.29 is 9.53 Å². The molecule has 1 aromatic rings. The Hall–Kier alpha value is -1.35. The first kappa shape index (κ1) is 17.7. The van der Waals surface area contributed by atoms with Gasteiger partial charge in [-0.05, 0) is 69.9 Å². The van der Waals surface area contributed by atoms with E-state index in [-0.39, 0.29) is 5.97 Å². The van der Waals surface area contributed by atoms with Crippen molar-refractivity contribution in [2.45, 2.75) is 40.0 Å². The van der Waals surface area contributed by atoms with Crippen molar-refractivity contribution >= 4 is 5.97 Å². The summed E-state index contributed by atoms with van der Waals surface area (Å²) < 4.78 is 4.99. The van der Waals surface area contributed by atoms with Crippen LogP contribution in [0.4, 0.5) is 0 Å². The average Bonchev–Trinajstić information content (AvgIpc) is 2.52. The molecule has 0 aromatic heterocycles. The van der Waals surface area contributed by atoms with Gasteiger partial charge in [0.05, 0.1) is 12.2 Å². The molecule has 0 aliphatic carbocycles. The van der Waals surface area contributed by atoms with E-state index in [9.17, 15) is 4.79 Å². The fourth-order valence-corrected chi connectivity index (χ4v) is 2.59. The Kier molecular flexibility index (Phi) is 8.06. The van der Waals surface area contributed by atoms with Gasteiger partial charge in [0.25, 0.3) is 0 Å². The molecule has 3 heteroatoms. The van der Waals surface area contributed by atoms with Crippen LogP contribution in [0.25, 0.3) is 0 Å². The highest BCUT2D eigenvalue weighted by Crippen LogP contribution is 2.21. The molecule has 1 aliphatic rings. The van der Waals surface area contributed by atoms with Gasteiger partial charge in [0.2, 0.25) is 0 Å². The summed E-state index contributed by atoms with van der Waals surface area (Å²) in [6.07, 6.45) is 3.67. The van der Waals surface area contributed by atoms with Gasteiger partial charge in [-0.15, -0.1) is 0 Å². The first-order valence-electron chi connectivity index (χ1n) is 8.13. The molecule has 3 nitrogen and oxygen atoms in total. The molecule has 0 atom stereocenters. The molecule has 1 saturated heterocycles. The number of rotatable bonds is 4. The minimum absolute atomic E-state index is 0.228. The number of nitrogens with zero attached hydrogens (tertiary/aromatic N) is 1. The Labute approximate surface area is 129 Å². The number of hydrogen-bond donors (Lipinski definition) is 0. The summed E-state index contributed by atoms with van der Waals surface area (Å²) in [7, 11) is 2.18. The number of piperidine rings is 1. The molecular weight excluding hydrogens is 262 g/mol. The van der Waals surface area contributed by atoms with E-state index in [1.54, 1.807) is 0 Å². The standard InChI is InChI=1S/C16H23NO2.C2H6/c1-3-19-16(18)15-6-4-13(5-7-15)12-14-8-10-17(2)11-9-14;1-2/h4-7,14H,3,8-12H2,1-2H3;1-2H3. The fraction of sp³-hybridized carbons (Fsp3) is 0.611. The second-order valence-corrected chi connectivity index (χ2v) is 5.37. The first-order chi connectivity index (χ1) is 10.2. The molecule has 21 heavy (non-hydrogen) atoms. The highest BCUT2D eigenvalue weighted by Gasteiger charge is 2.17. The van der Waals surface area contributed by atoms with E-state index in [1.165, 1.54) is 31.5 Å². The van der Waals surface area contributed by atoms with Crippen LogP contribution in [0.5, 0.6) is 0 Å². The van der Waals surface area contributed by atoms with E-state index in [1.807, 2.05) is 32.9 Å². The third-order valence-electron chi connectivity index (χ3n) is 3.83. The lowest BCUT2D eigenvalue weighted by Crippen LogP contribution is -2.30. The number of carbonyl (C=O) groups is 1. The van der Waals surface area contributed by atoms with Crippen molar-refractivity contribution in [3.63, 3.8) is 0 Å². The van der Waals surface area contributed by atoms with Gasteiger partial charge in [-0.25, -0.2) is 4.79 Å². The van der Waals surface area contributed by atoms with E-state index in [4.69, 9.17) is 4.74 Å². The molecule has 0 N–H and O–H groups in total. The lowest BCUT2D eigenvalue weighted by molar-refractivity contribution is 0.0526. The van der Waals surface area contributed by atoms with E-state index in [0.717, 1.165) is 12.3 Å². The first-order valence-corrected chi connectivity index (χ1v) is 8.13. The van der Waals surface area contributed by atoms with Crippen LogP contribution in [0.1, 0.15) is 49.5 Å². The number of esters is 1. The molecule has 0 amide bonds. The largest absolute Gasteiger partial charge is 0.462 e. The maximum Gasteiger partial charge on any atom is 0.338 e. The Morgan fingerprint density at radius 2 is 1.76 bits per heavy atom. The molecule has 0 bridgehead atoms. The molecule has 118 valence electrons. The van der Waals surface area contributed by atoms with Crippen LogP contribution in [0.15, 0.2) is 24.3 Å². The van der Waals surface area contributed by atoms with Gasteiger partial charge in [-0.3, -0.25) is 0 Å². The molecule has 1 heterocycles. The molecule has 0 unspecified atom stereocenters. The van der Waals surface area contributed by atoms with Crippen molar-refractivity contribution in [3.05, 3.63) is 35.4 Å². The van der Waals surface area contributed by atoms with Gasteiger partial charge in [0, 0.05) is 0 Å². The Morgan fingerprint density at radius 3 is 2.29 bits per heavy atom. The van der Waals surface area contributed by atoms with E-state index >= 15 is 0 Å².